The Hall–Kier alpha value is -2.21. The third-order valence-electron chi connectivity index (χ3n) is 6.57. The second-order valence-corrected chi connectivity index (χ2v) is 7.96. The highest BCUT2D eigenvalue weighted by Crippen LogP contribution is 2.43. The zero-order valence-corrected chi connectivity index (χ0v) is 15.9. The van der Waals surface area contributed by atoms with Gasteiger partial charge in [-0.15, -0.1) is 0 Å². The number of carbonyl (C=O) groups excluding carboxylic acids is 3. The SMILES string of the molecule is CO[C@@]12CC[C@@H](NC(C)=O)C[C@@H]1N(C(=O)c1cccc3c1CCC3=O)CC2. The smallest absolute Gasteiger partial charge is 0.254 e. The van der Waals surface area contributed by atoms with Crippen molar-refractivity contribution in [3.05, 3.63) is 34.9 Å². The predicted octanol–water partition coefficient (Wildman–Crippen LogP) is 2.10. The fourth-order valence-electron chi connectivity index (χ4n) is 5.20. The van der Waals surface area contributed by atoms with E-state index < -0.39 is 0 Å². The molecule has 27 heavy (non-hydrogen) atoms. The quantitative estimate of drug-likeness (QED) is 0.884. The molecular weight excluding hydrogens is 344 g/mol. The minimum atomic E-state index is -0.335. The van der Waals surface area contributed by atoms with Gasteiger partial charge in [-0.3, -0.25) is 14.4 Å². The lowest BCUT2D eigenvalue weighted by atomic mass is 9.78. The summed E-state index contributed by atoms with van der Waals surface area (Å²) in [4.78, 5) is 38.9. The molecule has 3 atom stereocenters. The molecule has 2 amide bonds. The lowest BCUT2D eigenvalue weighted by molar-refractivity contribution is -0.121. The second-order valence-electron chi connectivity index (χ2n) is 7.96. The summed E-state index contributed by atoms with van der Waals surface area (Å²) in [5.41, 5.74) is 1.89. The van der Waals surface area contributed by atoms with Crippen molar-refractivity contribution in [1.29, 1.82) is 0 Å². The molecule has 1 aliphatic heterocycles. The van der Waals surface area contributed by atoms with Crippen LogP contribution in [0, 0.1) is 0 Å². The Morgan fingerprint density at radius 1 is 1.26 bits per heavy atom. The van der Waals surface area contributed by atoms with Crippen molar-refractivity contribution in [3.8, 4) is 0 Å². The number of rotatable bonds is 3. The fraction of sp³-hybridized carbons (Fsp3) is 0.571. The van der Waals surface area contributed by atoms with Gasteiger partial charge in [0.15, 0.2) is 5.78 Å². The molecule has 2 fully saturated rings. The average molecular weight is 370 g/mol. The Morgan fingerprint density at radius 2 is 2.07 bits per heavy atom. The first kappa shape index (κ1) is 18.2. The van der Waals surface area contributed by atoms with E-state index in [1.807, 2.05) is 17.0 Å². The van der Waals surface area contributed by atoms with E-state index >= 15 is 0 Å². The van der Waals surface area contributed by atoms with Crippen LogP contribution in [0.3, 0.4) is 0 Å². The van der Waals surface area contributed by atoms with Gasteiger partial charge in [0.2, 0.25) is 5.91 Å². The number of ketones is 1. The number of amides is 2. The zero-order valence-electron chi connectivity index (χ0n) is 15.9. The lowest BCUT2D eigenvalue weighted by Crippen LogP contribution is -2.55. The standard InChI is InChI=1S/C21H26N2O4/c1-13(24)22-14-8-9-21(27-2)10-11-23(19(21)12-14)20(26)17-5-3-4-16-15(17)6-7-18(16)25/h3-5,14,19H,6-12H2,1-2H3,(H,22,24)/t14-,19+,21-/m1/s1. The van der Waals surface area contributed by atoms with Gasteiger partial charge in [0, 0.05) is 44.2 Å². The molecule has 4 rings (SSSR count). The maximum absolute atomic E-state index is 13.4. The van der Waals surface area contributed by atoms with Crippen LogP contribution in [0.4, 0.5) is 0 Å². The van der Waals surface area contributed by atoms with Crippen molar-refractivity contribution in [1.82, 2.24) is 10.2 Å². The first-order chi connectivity index (χ1) is 12.9. The molecule has 2 aliphatic carbocycles. The van der Waals surface area contributed by atoms with Crippen LogP contribution in [0.25, 0.3) is 0 Å². The molecule has 6 nitrogen and oxygen atoms in total. The Kier molecular flexibility index (Phi) is 4.54. The number of nitrogens with one attached hydrogen (secondary N) is 1. The third kappa shape index (κ3) is 2.96. The van der Waals surface area contributed by atoms with E-state index in [1.165, 1.54) is 6.92 Å². The molecule has 1 heterocycles. The van der Waals surface area contributed by atoms with Crippen LogP contribution in [-0.2, 0) is 16.0 Å². The van der Waals surface area contributed by atoms with Gasteiger partial charge >= 0.3 is 0 Å². The molecule has 1 aromatic rings. The molecule has 6 heteroatoms. The van der Waals surface area contributed by atoms with Crippen molar-refractivity contribution in [2.75, 3.05) is 13.7 Å². The van der Waals surface area contributed by atoms with E-state index in [0.29, 0.717) is 36.9 Å². The van der Waals surface area contributed by atoms with Crippen molar-refractivity contribution < 1.29 is 19.1 Å². The highest BCUT2D eigenvalue weighted by atomic mass is 16.5. The van der Waals surface area contributed by atoms with Crippen LogP contribution in [0.15, 0.2) is 18.2 Å². The largest absolute Gasteiger partial charge is 0.376 e. The molecule has 1 saturated carbocycles. The molecule has 0 spiro atoms. The van der Waals surface area contributed by atoms with Crippen molar-refractivity contribution in [3.63, 3.8) is 0 Å². The maximum Gasteiger partial charge on any atom is 0.254 e. The monoisotopic (exact) mass is 370 g/mol. The molecule has 1 saturated heterocycles. The lowest BCUT2D eigenvalue weighted by Gasteiger charge is -2.43. The van der Waals surface area contributed by atoms with Gasteiger partial charge < -0.3 is 15.0 Å². The predicted molar refractivity (Wildman–Crippen MR) is 99.7 cm³/mol. The Balaban J connectivity index is 1.63. The molecule has 0 unspecified atom stereocenters. The second kappa shape index (κ2) is 6.75. The van der Waals surface area contributed by atoms with Crippen LogP contribution >= 0.6 is 0 Å². The normalized spacial score (nSPS) is 29.4. The summed E-state index contributed by atoms with van der Waals surface area (Å²) in [6.45, 7) is 2.17. The van der Waals surface area contributed by atoms with Crippen LogP contribution in [0.2, 0.25) is 0 Å². The number of likely N-dealkylation sites (tertiary alicyclic amines) is 1. The summed E-state index contributed by atoms with van der Waals surface area (Å²) in [6, 6.07) is 5.45. The van der Waals surface area contributed by atoms with E-state index in [0.717, 1.165) is 24.8 Å². The highest BCUT2D eigenvalue weighted by Gasteiger charge is 2.53. The van der Waals surface area contributed by atoms with Crippen LogP contribution < -0.4 is 5.32 Å². The third-order valence-corrected chi connectivity index (χ3v) is 6.57. The van der Waals surface area contributed by atoms with Gasteiger partial charge in [-0.1, -0.05) is 12.1 Å². The number of ether oxygens (including phenoxy) is 1. The minimum Gasteiger partial charge on any atom is -0.376 e. The van der Waals surface area contributed by atoms with Crippen molar-refractivity contribution in [2.45, 2.75) is 63.1 Å². The molecule has 0 bridgehead atoms. The van der Waals surface area contributed by atoms with E-state index in [1.54, 1.807) is 13.2 Å². The molecule has 3 aliphatic rings. The van der Waals surface area contributed by atoms with Crippen LogP contribution in [0.5, 0.6) is 0 Å². The van der Waals surface area contributed by atoms with Gasteiger partial charge in [0.1, 0.15) is 0 Å². The number of methoxy groups -OCH3 is 1. The molecule has 1 N–H and O–H groups in total. The molecule has 1 aromatic carbocycles. The van der Waals surface area contributed by atoms with E-state index in [9.17, 15) is 14.4 Å². The van der Waals surface area contributed by atoms with Crippen molar-refractivity contribution in [2.24, 2.45) is 0 Å². The summed E-state index contributed by atoms with van der Waals surface area (Å²) >= 11 is 0. The first-order valence-corrected chi connectivity index (χ1v) is 9.73. The van der Waals surface area contributed by atoms with Gasteiger partial charge in [0.25, 0.3) is 5.91 Å². The minimum absolute atomic E-state index is 0.0195. The van der Waals surface area contributed by atoms with Crippen molar-refractivity contribution >= 4 is 17.6 Å². The maximum atomic E-state index is 13.4. The van der Waals surface area contributed by atoms with Crippen LogP contribution in [0.1, 0.15) is 65.3 Å². The number of nitrogens with zero attached hydrogens (tertiary/aromatic N) is 1. The number of hydrogen-bond acceptors (Lipinski definition) is 4. The number of benzene rings is 1. The Labute approximate surface area is 159 Å². The topological polar surface area (TPSA) is 75.7 Å². The van der Waals surface area contributed by atoms with Gasteiger partial charge in [-0.2, -0.15) is 0 Å². The average Bonchev–Trinajstić information content (AvgIpc) is 3.22. The van der Waals surface area contributed by atoms with Gasteiger partial charge in [0.05, 0.1) is 11.6 Å². The summed E-state index contributed by atoms with van der Waals surface area (Å²) < 4.78 is 5.92. The van der Waals surface area contributed by atoms with E-state index in [2.05, 4.69) is 5.32 Å². The zero-order chi connectivity index (χ0) is 19.2. The number of hydrogen-bond donors (Lipinski definition) is 1. The molecular formula is C21H26N2O4. The highest BCUT2D eigenvalue weighted by molar-refractivity contribution is 6.05. The van der Waals surface area contributed by atoms with Gasteiger partial charge in [-0.25, -0.2) is 0 Å². The van der Waals surface area contributed by atoms with Crippen LogP contribution in [-0.4, -0.2) is 53.8 Å². The summed E-state index contributed by atoms with van der Waals surface area (Å²) in [5, 5.41) is 3.01. The summed E-state index contributed by atoms with van der Waals surface area (Å²) in [6.07, 6.45) is 4.32. The van der Waals surface area contributed by atoms with E-state index in [4.69, 9.17) is 4.74 Å². The Bertz CT molecular complexity index is 805. The number of carbonyl (C=O) groups is 3. The first-order valence-electron chi connectivity index (χ1n) is 9.73. The molecule has 0 radical (unpaired) electrons. The number of fused-ring (bicyclic) bond motifs is 2. The number of Topliss-reactive ketones (excluding diaryl/α,β-unsaturated/α-hetero) is 1. The summed E-state index contributed by atoms with van der Waals surface area (Å²) in [5.74, 6) is 0.0600. The molecule has 144 valence electrons. The van der Waals surface area contributed by atoms with E-state index in [-0.39, 0.29) is 35.3 Å². The Morgan fingerprint density at radius 3 is 2.81 bits per heavy atom. The summed E-state index contributed by atoms with van der Waals surface area (Å²) in [7, 11) is 1.72. The molecule has 0 aromatic heterocycles. The fourth-order valence-corrected chi connectivity index (χ4v) is 5.20. The van der Waals surface area contributed by atoms with Gasteiger partial charge in [-0.05, 0) is 43.7 Å².